The van der Waals surface area contributed by atoms with Gasteiger partial charge in [-0.05, 0) is 11.0 Å². The van der Waals surface area contributed by atoms with Crippen LogP contribution < -0.4 is 0 Å². The molecule has 0 saturated carbocycles. The van der Waals surface area contributed by atoms with Crippen LogP contribution >= 0.6 is 0 Å². The molecular formula is C13H30Si. The minimum absolute atomic E-state index is 0.649. The molecule has 0 heterocycles. The molecule has 86 valence electrons. The smallest absolute Gasteiger partial charge is 0.0535 e. The van der Waals surface area contributed by atoms with Crippen molar-refractivity contribution in [3.05, 3.63) is 0 Å². The molecule has 0 aromatic rings. The summed E-state index contributed by atoms with van der Waals surface area (Å²) in [6.45, 7) is 17.2. The van der Waals surface area contributed by atoms with Gasteiger partial charge < -0.3 is 0 Å². The van der Waals surface area contributed by atoms with Gasteiger partial charge in [0.2, 0.25) is 0 Å². The summed E-state index contributed by atoms with van der Waals surface area (Å²) >= 11 is 0. The Balaban J connectivity index is 4.56. The van der Waals surface area contributed by atoms with Crippen LogP contribution in [0.15, 0.2) is 0 Å². The molecule has 0 N–H and O–H groups in total. The Morgan fingerprint density at radius 1 is 1.07 bits per heavy atom. The van der Waals surface area contributed by atoms with Gasteiger partial charge in [0.25, 0.3) is 0 Å². The fraction of sp³-hybridized carbons (Fsp3) is 1.00. The maximum Gasteiger partial charge on any atom is 0.0535 e. The molecule has 1 atom stereocenters. The fourth-order valence-corrected chi connectivity index (χ4v) is 6.91. The van der Waals surface area contributed by atoms with Crippen LogP contribution in [-0.4, -0.2) is 8.07 Å². The van der Waals surface area contributed by atoms with Crippen molar-refractivity contribution in [2.75, 3.05) is 0 Å². The van der Waals surface area contributed by atoms with Crippen molar-refractivity contribution in [3.63, 3.8) is 0 Å². The standard InChI is InChI=1S/C13H30Si/c1-8-12(4)11-14(6,7)13(5,9-2)10-3/h12H,8-11H2,1-7H3. The highest BCUT2D eigenvalue weighted by Crippen LogP contribution is 2.47. The molecule has 0 amide bonds. The van der Waals surface area contributed by atoms with Gasteiger partial charge in [-0.25, -0.2) is 0 Å². The van der Waals surface area contributed by atoms with Crippen LogP contribution in [0.4, 0.5) is 0 Å². The topological polar surface area (TPSA) is 0 Å². The van der Waals surface area contributed by atoms with E-state index in [0.29, 0.717) is 5.04 Å². The van der Waals surface area contributed by atoms with Gasteiger partial charge >= 0.3 is 0 Å². The number of rotatable bonds is 6. The summed E-state index contributed by atoms with van der Waals surface area (Å²) in [5, 5.41) is 0.649. The molecule has 0 spiro atoms. The van der Waals surface area contributed by atoms with Gasteiger partial charge in [-0.1, -0.05) is 73.0 Å². The summed E-state index contributed by atoms with van der Waals surface area (Å²) in [5.41, 5.74) is 0. The lowest BCUT2D eigenvalue weighted by atomic mass is 10.1. The Bertz CT molecular complexity index is 157. The molecule has 1 unspecified atom stereocenters. The molecule has 0 rings (SSSR count). The molecule has 0 aromatic carbocycles. The van der Waals surface area contributed by atoms with Crippen molar-refractivity contribution >= 4 is 8.07 Å². The molecular weight excluding hydrogens is 184 g/mol. The second-order valence-corrected chi connectivity index (χ2v) is 11.3. The Morgan fingerprint density at radius 2 is 1.50 bits per heavy atom. The summed E-state index contributed by atoms with van der Waals surface area (Å²) < 4.78 is 0. The van der Waals surface area contributed by atoms with Crippen molar-refractivity contribution in [2.24, 2.45) is 5.92 Å². The molecule has 0 aliphatic carbocycles. The molecule has 1 heteroatoms. The average molecular weight is 214 g/mol. The van der Waals surface area contributed by atoms with Crippen LogP contribution in [0.5, 0.6) is 0 Å². The van der Waals surface area contributed by atoms with Crippen LogP contribution in [0, 0.1) is 5.92 Å². The first-order valence-electron chi connectivity index (χ1n) is 6.33. The monoisotopic (exact) mass is 214 g/mol. The van der Waals surface area contributed by atoms with Crippen LogP contribution in [-0.2, 0) is 0 Å². The van der Waals surface area contributed by atoms with Crippen molar-refractivity contribution in [1.82, 2.24) is 0 Å². The second kappa shape index (κ2) is 5.34. The van der Waals surface area contributed by atoms with Crippen molar-refractivity contribution in [1.29, 1.82) is 0 Å². The van der Waals surface area contributed by atoms with E-state index in [2.05, 4.69) is 47.7 Å². The molecule has 0 aliphatic heterocycles. The highest BCUT2D eigenvalue weighted by atomic mass is 28.3. The fourth-order valence-electron chi connectivity index (χ4n) is 2.47. The molecule has 0 aromatic heterocycles. The summed E-state index contributed by atoms with van der Waals surface area (Å²) in [7, 11) is -1.04. The van der Waals surface area contributed by atoms with Gasteiger partial charge in [-0.3, -0.25) is 0 Å². The third-order valence-corrected chi connectivity index (χ3v) is 10.4. The van der Waals surface area contributed by atoms with Crippen molar-refractivity contribution < 1.29 is 0 Å². The largest absolute Gasteiger partial charge is 0.0689 e. The van der Waals surface area contributed by atoms with E-state index in [1.807, 2.05) is 0 Å². The first-order valence-corrected chi connectivity index (χ1v) is 9.53. The Morgan fingerprint density at radius 3 is 1.79 bits per heavy atom. The number of hydrogen-bond acceptors (Lipinski definition) is 0. The average Bonchev–Trinajstić information content (AvgIpc) is 2.15. The van der Waals surface area contributed by atoms with Gasteiger partial charge in [0.1, 0.15) is 0 Å². The Labute approximate surface area is 92.5 Å². The van der Waals surface area contributed by atoms with E-state index in [-0.39, 0.29) is 0 Å². The molecule has 0 saturated heterocycles. The third kappa shape index (κ3) is 3.11. The van der Waals surface area contributed by atoms with Crippen LogP contribution in [0.3, 0.4) is 0 Å². The minimum Gasteiger partial charge on any atom is -0.0689 e. The molecule has 0 nitrogen and oxygen atoms in total. The van der Waals surface area contributed by atoms with Crippen LogP contribution in [0.2, 0.25) is 24.2 Å². The quantitative estimate of drug-likeness (QED) is 0.525. The van der Waals surface area contributed by atoms with Crippen molar-refractivity contribution in [2.45, 2.75) is 78.1 Å². The molecule has 14 heavy (non-hydrogen) atoms. The van der Waals surface area contributed by atoms with E-state index < -0.39 is 8.07 Å². The maximum absolute atomic E-state index is 2.59. The molecule has 0 fully saturated rings. The summed E-state index contributed by atoms with van der Waals surface area (Å²) in [5.74, 6) is 0.925. The molecule has 0 aliphatic rings. The SMILES string of the molecule is CCC(C)C[Si](C)(C)C(C)(CC)CC. The Hall–Kier alpha value is 0.217. The lowest BCUT2D eigenvalue weighted by Gasteiger charge is -2.43. The van der Waals surface area contributed by atoms with Gasteiger partial charge in [-0.2, -0.15) is 0 Å². The van der Waals surface area contributed by atoms with Crippen LogP contribution in [0.25, 0.3) is 0 Å². The van der Waals surface area contributed by atoms with Gasteiger partial charge in [0.05, 0.1) is 8.07 Å². The van der Waals surface area contributed by atoms with E-state index in [1.54, 1.807) is 0 Å². The minimum atomic E-state index is -1.04. The zero-order valence-corrected chi connectivity index (χ0v) is 12.4. The number of hydrogen-bond donors (Lipinski definition) is 0. The van der Waals surface area contributed by atoms with Gasteiger partial charge in [0.15, 0.2) is 0 Å². The second-order valence-electron chi connectivity index (χ2n) is 5.87. The third-order valence-electron chi connectivity index (χ3n) is 4.75. The van der Waals surface area contributed by atoms with Gasteiger partial charge in [0, 0.05) is 0 Å². The maximum atomic E-state index is 2.59. The van der Waals surface area contributed by atoms with Crippen molar-refractivity contribution in [3.8, 4) is 0 Å². The zero-order chi connectivity index (χ0) is 11.4. The van der Waals surface area contributed by atoms with Gasteiger partial charge in [-0.15, -0.1) is 0 Å². The first kappa shape index (κ1) is 14.2. The van der Waals surface area contributed by atoms with E-state index in [4.69, 9.17) is 0 Å². The highest BCUT2D eigenvalue weighted by molar-refractivity contribution is 6.80. The van der Waals surface area contributed by atoms with E-state index >= 15 is 0 Å². The molecule has 0 radical (unpaired) electrons. The highest BCUT2D eigenvalue weighted by Gasteiger charge is 2.40. The predicted molar refractivity (Wildman–Crippen MR) is 70.7 cm³/mol. The molecule has 0 bridgehead atoms. The lowest BCUT2D eigenvalue weighted by molar-refractivity contribution is 0.518. The lowest BCUT2D eigenvalue weighted by Crippen LogP contribution is -2.41. The van der Waals surface area contributed by atoms with E-state index in [1.165, 1.54) is 25.3 Å². The summed E-state index contributed by atoms with van der Waals surface area (Å²) in [6.07, 6.45) is 4.07. The van der Waals surface area contributed by atoms with E-state index in [0.717, 1.165) is 5.92 Å². The van der Waals surface area contributed by atoms with E-state index in [9.17, 15) is 0 Å². The summed E-state index contributed by atoms with van der Waals surface area (Å²) in [6, 6.07) is 1.50. The normalized spacial score (nSPS) is 15.6. The zero-order valence-electron chi connectivity index (χ0n) is 11.4. The predicted octanol–water partition coefficient (Wildman–Crippen LogP) is 5.32. The first-order chi connectivity index (χ1) is 6.33. The van der Waals surface area contributed by atoms with Crippen LogP contribution in [0.1, 0.15) is 53.9 Å². The summed E-state index contributed by atoms with van der Waals surface area (Å²) in [4.78, 5) is 0. The Kier molecular flexibility index (Phi) is 5.42.